The Hall–Kier alpha value is -1.06. The summed E-state index contributed by atoms with van der Waals surface area (Å²) in [5.74, 6) is -0.624. The van der Waals surface area contributed by atoms with Crippen LogP contribution in [0.2, 0.25) is 5.02 Å². The highest BCUT2D eigenvalue weighted by molar-refractivity contribution is 6.32. The van der Waals surface area contributed by atoms with Crippen LogP contribution in [0, 0.1) is 0 Å². The minimum atomic E-state index is -0.461. The number of halogens is 2. The Morgan fingerprint density at radius 3 is 2.56 bits per heavy atom. The van der Waals surface area contributed by atoms with Crippen molar-refractivity contribution in [3.63, 3.8) is 0 Å². The van der Waals surface area contributed by atoms with E-state index in [-0.39, 0.29) is 18.1 Å². The summed E-state index contributed by atoms with van der Waals surface area (Å²) in [4.78, 5) is 22.3. The van der Waals surface area contributed by atoms with Crippen LogP contribution in [0.3, 0.4) is 0 Å². The van der Waals surface area contributed by atoms with Gasteiger partial charge < -0.3 is 4.74 Å². The maximum absolute atomic E-state index is 11.2. The molecule has 0 fully saturated rings. The Labute approximate surface area is 103 Å². The number of hydrogen-bond donors (Lipinski definition) is 0. The summed E-state index contributed by atoms with van der Waals surface area (Å²) < 4.78 is 4.55. The second kappa shape index (κ2) is 5.87. The second-order valence-corrected chi connectivity index (χ2v) is 3.82. The summed E-state index contributed by atoms with van der Waals surface area (Å²) in [6, 6.07) is 4.66. The predicted octanol–water partition coefficient (Wildman–Crippen LogP) is 2.48. The van der Waals surface area contributed by atoms with E-state index in [1.807, 2.05) is 0 Å². The van der Waals surface area contributed by atoms with Crippen LogP contribution >= 0.6 is 23.2 Å². The molecule has 3 nitrogen and oxygen atoms in total. The number of carbonyl (C=O) groups is 2. The Balaban J connectivity index is 2.91. The zero-order chi connectivity index (χ0) is 12.1. The van der Waals surface area contributed by atoms with Gasteiger partial charge in [0.2, 0.25) is 0 Å². The van der Waals surface area contributed by atoms with Crippen LogP contribution in [0.5, 0.6) is 0 Å². The number of benzene rings is 1. The molecule has 0 unspecified atom stereocenters. The molecular weight excluding hydrogens is 251 g/mol. The summed E-state index contributed by atoms with van der Waals surface area (Å²) in [7, 11) is 1.29. The summed E-state index contributed by atoms with van der Waals surface area (Å²) in [5, 5.41) is 0.362. The summed E-state index contributed by atoms with van der Waals surface area (Å²) in [5.41, 5.74) is 1.01. The molecule has 0 aliphatic rings. The number of rotatable bonds is 4. The average molecular weight is 261 g/mol. The molecule has 5 heteroatoms. The Kier molecular flexibility index (Phi) is 4.77. The lowest BCUT2D eigenvalue weighted by Crippen LogP contribution is -2.06. The van der Waals surface area contributed by atoms with Gasteiger partial charge in [-0.2, -0.15) is 0 Å². The molecule has 0 N–H and O–H groups in total. The van der Waals surface area contributed by atoms with Gasteiger partial charge in [0.25, 0.3) is 0 Å². The van der Waals surface area contributed by atoms with Crippen molar-refractivity contribution < 1.29 is 14.3 Å². The van der Waals surface area contributed by atoms with E-state index in [4.69, 9.17) is 23.2 Å². The normalized spacial score (nSPS) is 9.94. The van der Waals surface area contributed by atoms with Crippen molar-refractivity contribution in [1.29, 1.82) is 0 Å². The van der Waals surface area contributed by atoms with E-state index in [0.29, 0.717) is 16.1 Å². The Bertz CT molecular complexity index is 416. The van der Waals surface area contributed by atoms with Gasteiger partial charge in [0, 0.05) is 11.4 Å². The molecule has 0 spiro atoms. The molecular formula is C11H10Cl2O3. The predicted molar refractivity (Wildman–Crippen MR) is 62.2 cm³/mol. The largest absolute Gasteiger partial charge is 0.465 e. The van der Waals surface area contributed by atoms with Gasteiger partial charge in [-0.1, -0.05) is 17.7 Å². The number of ketones is 1. The molecule has 1 aromatic rings. The maximum Gasteiger partial charge on any atom is 0.337 e. The average Bonchev–Trinajstić information content (AvgIpc) is 2.30. The minimum Gasteiger partial charge on any atom is -0.465 e. The number of esters is 1. The van der Waals surface area contributed by atoms with Crippen LogP contribution in [0.4, 0.5) is 0 Å². The molecule has 0 radical (unpaired) electrons. The third-order valence-corrected chi connectivity index (χ3v) is 2.66. The summed E-state index contributed by atoms with van der Waals surface area (Å²) >= 11 is 11.3. The van der Waals surface area contributed by atoms with Crippen molar-refractivity contribution in [2.75, 3.05) is 13.0 Å². The Morgan fingerprint density at radius 2 is 2.06 bits per heavy atom. The van der Waals surface area contributed by atoms with Crippen molar-refractivity contribution in [1.82, 2.24) is 0 Å². The molecule has 1 rings (SSSR count). The number of hydrogen-bond acceptors (Lipinski definition) is 3. The van der Waals surface area contributed by atoms with Crippen LogP contribution in [-0.4, -0.2) is 24.7 Å². The van der Waals surface area contributed by atoms with Gasteiger partial charge in [-0.25, -0.2) is 4.79 Å². The molecule has 16 heavy (non-hydrogen) atoms. The van der Waals surface area contributed by atoms with Crippen molar-refractivity contribution in [2.24, 2.45) is 0 Å². The van der Waals surface area contributed by atoms with Crippen molar-refractivity contribution in [3.8, 4) is 0 Å². The van der Waals surface area contributed by atoms with Crippen molar-refractivity contribution in [2.45, 2.75) is 6.42 Å². The maximum atomic E-state index is 11.2. The van der Waals surface area contributed by atoms with Crippen LogP contribution in [0.1, 0.15) is 15.9 Å². The van der Waals surface area contributed by atoms with E-state index >= 15 is 0 Å². The zero-order valence-corrected chi connectivity index (χ0v) is 10.1. The van der Waals surface area contributed by atoms with Crippen LogP contribution < -0.4 is 0 Å². The zero-order valence-electron chi connectivity index (χ0n) is 8.63. The molecule has 0 saturated heterocycles. The van der Waals surface area contributed by atoms with Crippen LogP contribution in [0.25, 0.3) is 0 Å². The molecule has 0 amide bonds. The number of carbonyl (C=O) groups excluding carboxylic acids is 2. The lowest BCUT2D eigenvalue weighted by atomic mass is 10.1. The quantitative estimate of drug-likeness (QED) is 0.617. The van der Waals surface area contributed by atoms with Crippen molar-refractivity contribution >= 4 is 35.0 Å². The summed E-state index contributed by atoms with van der Waals surface area (Å²) in [6.07, 6.45) is 0.170. The van der Waals surface area contributed by atoms with E-state index < -0.39 is 5.97 Å². The highest BCUT2D eigenvalue weighted by Crippen LogP contribution is 2.19. The molecule has 0 aliphatic heterocycles. The lowest BCUT2D eigenvalue weighted by Gasteiger charge is -2.04. The topological polar surface area (TPSA) is 43.4 Å². The van der Waals surface area contributed by atoms with Gasteiger partial charge in [-0.05, 0) is 17.7 Å². The molecule has 1 aromatic carbocycles. The van der Waals surface area contributed by atoms with E-state index in [9.17, 15) is 9.59 Å². The van der Waals surface area contributed by atoms with Gasteiger partial charge >= 0.3 is 5.97 Å². The molecule has 0 aromatic heterocycles. The first-order valence-electron chi connectivity index (χ1n) is 4.53. The first-order chi connectivity index (χ1) is 7.58. The fraction of sp³-hybridized carbons (Fsp3) is 0.273. The smallest absolute Gasteiger partial charge is 0.337 e. The van der Waals surface area contributed by atoms with Crippen molar-refractivity contribution in [3.05, 3.63) is 34.3 Å². The molecule has 0 atom stereocenters. The molecule has 0 heterocycles. The van der Waals surface area contributed by atoms with E-state index in [2.05, 4.69) is 4.74 Å². The SMILES string of the molecule is COC(=O)c1ccc(CC(=O)CCl)c(Cl)c1. The number of Topliss-reactive ketones (excluding diaryl/α,β-unsaturated/α-hetero) is 1. The second-order valence-electron chi connectivity index (χ2n) is 3.15. The van der Waals surface area contributed by atoms with Crippen LogP contribution in [0.15, 0.2) is 18.2 Å². The van der Waals surface area contributed by atoms with E-state index in [0.717, 1.165) is 0 Å². The third-order valence-electron chi connectivity index (χ3n) is 2.01. The number of alkyl halides is 1. The van der Waals surface area contributed by atoms with Gasteiger partial charge in [0.05, 0.1) is 18.6 Å². The van der Waals surface area contributed by atoms with Gasteiger partial charge in [-0.3, -0.25) is 4.79 Å². The highest BCUT2D eigenvalue weighted by atomic mass is 35.5. The third kappa shape index (κ3) is 3.22. The molecule has 86 valence electrons. The molecule has 0 aliphatic carbocycles. The van der Waals surface area contributed by atoms with Gasteiger partial charge in [0.1, 0.15) is 0 Å². The highest BCUT2D eigenvalue weighted by Gasteiger charge is 2.10. The number of ether oxygens (including phenoxy) is 1. The standard InChI is InChI=1S/C11H10Cl2O3/c1-16-11(15)8-3-2-7(10(13)5-8)4-9(14)6-12/h2-3,5H,4,6H2,1H3. The summed E-state index contributed by atoms with van der Waals surface area (Å²) in [6.45, 7) is 0. The van der Waals surface area contributed by atoms with Crippen LogP contribution in [-0.2, 0) is 16.0 Å². The lowest BCUT2D eigenvalue weighted by molar-refractivity contribution is -0.116. The molecule has 0 saturated carbocycles. The molecule has 0 bridgehead atoms. The Morgan fingerprint density at radius 1 is 1.38 bits per heavy atom. The van der Waals surface area contributed by atoms with Gasteiger partial charge in [0.15, 0.2) is 5.78 Å². The monoisotopic (exact) mass is 260 g/mol. The minimum absolute atomic E-state index is 0.0465. The van der Waals surface area contributed by atoms with Gasteiger partial charge in [-0.15, -0.1) is 11.6 Å². The fourth-order valence-electron chi connectivity index (χ4n) is 1.20. The van der Waals surface area contributed by atoms with E-state index in [1.165, 1.54) is 13.2 Å². The number of methoxy groups -OCH3 is 1. The first kappa shape index (κ1) is 13.0. The van der Waals surface area contributed by atoms with E-state index in [1.54, 1.807) is 12.1 Å². The fourth-order valence-corrected chi connectivity index (χ4v) is 1.54. The first-order valence-corrected chi connectivity index (χ1v) is 5.44.